The highest BCUT2D eigenvalue weighted by atomic mass is 16.2. The molecule has 0 spiro atoms. The largest absolute Gasteiger partial charge is 0.369 e. The summed E-state index contributed by atoms with van der Waals surface area (Å²) >= 11 is 0. The number of carbonyl (C=O) groups is 2. The van der Waals surface area contributed by atoms with Gasteiger partial charge in [0.05, 0.1) is 13.1 Å². The third-order valence-corrected chi connectivity index (χ3v) is 4.31. The van der Waals surface area contributed by atoms with Gasteiger partial charge in [-0.15, -0.1) is 0 Å². The smallest absolute Gasteiger partial charge is 0.275 e. The monoisotopic (exact) mass is 304 g/mol. The summed E-state index contributed by atoms with van der Waals surface area (Å²) in [5.41, 5.74) is 6.62. The van der Waals surface area contributed by atoms with Crippen molar-refractivity contribution in [3.05, 3.63) is 35.9 Å². The van der Waals surface area contributed by atoms with Gasteiger partial charge in [0, 0.05) is 25.3 Å². The summed E-state index contributed by atoms with van der Waals surface area (Å²) in [5.74, 6) is -0.109. The molecule has 5 heteroatoms. The second-order valence-corrected chi connectivity index (χ2v) is 6.04. The highest BCUT2D eigenvalue weighted by Gasteiger charge is 2.26. The molecule has 1 aliphatic rings. The van der Waals surface area contributed by atoms with Crippen LogP contribution in [0.15, 0.2) is 30.3 Å². The Hall–Kier alpha value is -1.88. The zero-order valence-electron chi connectivity index (χ0n) is 13.0. The van der Waals surface area contributed by atoms with Crippen LogP contribution in [0.5, 0.6) is 0 Å². The summed E-state index contributed by atoms with van der Waals surface area (Å²) < 4.78 is 0. The van der Waals surface area contributed by atoms with E-state index in [-0.39, 0.29) is 17.7 Å². The molecule has 0 radical (unpaired) electrons. The number of nitrogens with two attached hydrogens (primary N) is 1. The Morgan fingerprint density at radius 3 is 2.50 bits per heavy atom. The van der Waals surface area contributed by atoms with Crippen LogP contribution in [0, 0.1) is 5.92 Å². The third kappa shape index (κ3) is 5.48. The van der Waals surface area contributed by atoms with Crippen LogP contribution in [-0.2, 0) is 16.0 Å². The van der Waals surface area contributed by atoms with Crippen molar-refractivity contribution in [2.75, 3.05) is 26.2 Å². The van der Waals surface area contributed by atoms with Gasteiger partial charge in [0.1, 0.15) is 0 Å². The summed E-state index contributed by atoms with van der Waals surface area (Å²) in [4.78, 5) is 24.3. The van der Waals surface area contributed by atoms with E-state index in [1.165, 1.54) is 10.5 Å². The van der Waals surface area contributed by atoms with Crippen LogP contribution in [0.4, 0.5) is 0 Å². The normalized spacial score (nSPS) is 21.3. The first-order valence-corrected chi connectivity index (χ1v) is 8.08. The number of aryl methyl sites for hydroxylation is 1. The predicted molar refractivity (Wildman–Crippen MR) is 85.3 cm³/mol. The number of piperidine rings is 1. The lowest BCUT2D eigenvalue weighted by molar-refractivity contribution is -0.897. The van der Waals surface area contributed by atoms with Crippen LogP contribution in [0.3, 0.4) is 0 Å². The number of carbonyl (C=O) groups excluding carboxylic acids is 2. The van der Waals surface area contributed by atoms with Crippen molar-refractivity contribution in [2.24, 2.45) is 11.7 Å². The maximum absolute atomic E-state index is 11.9. The predicted octanol–water partition coefficient (Wildman–Crippen LogP) is -0.484. The number of hydrogen-bond acceptors (Lipinski definition) is 2. The zero-order chi connectivity index (χ0) is 15.8. The molecule has 1 aliphatic heterocycles. The van der Waals surface area contributed by atoms with Crippen LogP contribution in [0.2, 0.25) is 0 Å². The van der Waals surface area contributed by atoms with E-state index in [9.17, 15) is 9.59 Å². The number of amides is 2. The van der Waals surface area contributed by atoms with Crippen LogP contribution in [0.1, 0.15) is 24.8 Å². The van der Waals surface area contributed by atoms with Crippen LogP contribution < -0.4 is 16.0 Å². The Labute approximate surface area is 131 Å². The average Bonchev–Trinajstić information content (AvgIpc) is 2.53. The third-order valence-electron chi connectivity index (χ3n) is 4.31. The number of quaternary nitrogens is 1. The van der Waals surface area contributed by atoms with Gasteiger partial charge in [-0.05, 0) is 18.4 Å². The van der Waals surface area contributed by atoms with E-state index in [2.05, 4.69) is 17.4 Å². The van der Waals surface area contributed by atoms with Gasteiger partial charge < -0.3 is 16.0 Å². The lowest BCUT2D eigenvalue weighted by Crippen LogP contribution is -3.14. The van der Waals surface area contributed by atoms with E-state index in [1.54, 1.807) is 0 Å². The van der Waals surface area contributed by atoms with E-state index in [0.717, 1.165) is 38.8 Å². The van der Waals surface area contributed by atoms with Crippen molar-refractivity contribution in [3.8, 4) is 0 Å². The van der Waals surface area contributed by atoms with Crippen molar-refractivity contribution < 1.29 is 14.5 Å². The van der Waals surface area contributed by atoms with Gasteiger partial charge in [0.2, 0.25) is 5.91 Å². The van der Waals surface area contributed by atoms with E-state index < -0.39 is 0 Å². The molecule has 1 saturated heterocycles. The van der Waals surface area contributed by atoms with Crippen LogP contribution >= 0.6 is 0 Å². The van der Waals surface area contributed by atoms with Gasteiger partial charge in [-0.25, -0.2) is 0 Å². The van der Waals surface area contributed by atoms with Crippen LogP contribution in [-0.4, -0.2) is 38.0 Å². The Morgan fingerprint density at radius 1 is 1.18 bits per heavy atom. The first-order chi connectivity index (χ1) is 10.6. The molecule has 1 aromatic carbocycles. The number of rotatable bonds is 7. The molecule has 4 N–H and O–H groups in total. The Bertz CT molecular complexity index is 482. The molecule has 0 aliphatic carbocycles. The Balaban J connectivity index is 1.57. The molecule has 0 unspecified atom stereocenters. The maximum Gasteiger partial charge on any atom is 0.275 e. The number of hydrogen-bond donors (Lipinski definition) is 3. The molecule has 2 amide bonds. The van der Waals surface area contributed by atoms with Gasteiger partial charge in [0.15, 0.2) is 6.54 Å². The fourth-order valence-corrected chi connectivity index (χ4v) is 2.94. The number of nitrogens with one attached hydrogen (secondary N) is 2. The Morgan fingerprint density at radius 2 is 1.86 bits per heavy atom. The minimum atomic E-state index is -0.204. The molecule has 1 aromatic rings. The molecule has 0 atom stereocenters. The topological polar surface area (TPSA) is 76.6 Å². The molecular formula is C17H26N3O2+. The van der Waals surface area contributed by atoms with Gasteiger partial charge >= 0.3 is 0 Å². The summed E-state index contributed by atoms with van der Waals surface area (Å²) in [6.45, 7) is 2.91. The summed E-state index contributed by atoms with van der Waals surface area (Å²) in [7, 11) is 0. The van der Waals surface area contributed by atoms with Crippen molar-refractivity contribution in [2.45, 2.75) is 25.7 Å². The van der Waals surface area contributed by atoms with E-state index in [0.29, 0.717) is 13.1 Å². The second-order valence-electron chi connectivity index (χ2n) is 6.04. The summed E-state index contributed by atoms with van der Waals surface area (Å²) in [6.07, 6.45) is 3.53. The molecular weight excluding hydrogens is 278 g/mol. The summed E-state index contributed by atoms with van der Waals surface area (Å²) in [6, 6.07) is 10.3. The molecule has 0 bridgehead atoms. The molecule has 1 fully saturated rings. The number of primary amides is 1. The molecule has 2 rings (SSSR count). The quantitative estimate of drug-likeness (QED) is 0.595. The maximum atomic E-state index is 11.9. The summed E-state index contributed by atoms with van der Waals surface area (Å²) in [5, 5.41) is 2.98. The zero-order valence-corrected chi connectivity index (χ0v) is 13.0. The van der Waals surface area contributed by atoms with E-state index in [4.69, 9.17) is 5.73 Å². The second kappa shape index (κ2) is 8.54. The van der Waals surface area contributed by atoms with Crippen LogP contribution in [0.25, 0.3) is 0 Å². The first-order valence-electron chi connectivity index (χ1n) is 8.08. The van der Waals surface area contributed by atoms with Crippen molar-refractivity contribution in [3.63, 3.8) is 0 Å². The van der Waals surface area contributed by atoms with Crippen molar-refractivity contribution in [1.29, 1.82) is 0 Å². The minimum Gasteiger partial charge on any atom is -0.369 e. The lowest BCUT2D eigenvalue weighted by Gasteiger charge is -2.27. The van der Waals surface area contributed by atoms with Crippen molar-refractivity contribution in [1.82, 2.24) is 5.32 Å². The van der Waals surface area contributed by atoms with E-state index in [1.807, 2.05) is 18.2 Å². The van der Waals surface area contributed by atoms with Gasteiger partial charge in [-0.2, -0.15) is 0 Å². The fraction of sp³-hybridized carbons (Fsp3) is 0.529. The van der Waals surface area contributed by atoms with Crippen molar-refractivity contribution >= 4 is 11.8 Å². The molecule has 120 valence electrons. The minimum absolute atomic E-state index is 0.00214. The average molecular weight is 304 g/mol. The molecule has 22 heavy (non-hydrogen) atoms. The number of benzene rings is 1. The van der Waals surface area contributed by atoms with Gasteiger partial charge in [-0.1, -0.05) is 30.3 Å². The molecule has 5 nitrogen and oxygen atoms in total. The van der Waals surface area contributed by atoms with Gasteiger partial charge in [0.25, 0.3) is 5.91 Å². The Kier molecular flexibility index (Phi) is 6.40. The molecule has 1 heterocycles. The molecule has 0 saturated carbocycles. The SMILES string of the molecule is NC(=O)C1CC[NH+](CC(=O)NCCCc2ccccc2)CC1. The molecule has 0 aromatic heterocycles. The highest BCUT2D eigenvalue weighted by molar-refractivity contribution is 5.77. The van der Waals surface area contributed by atoms with Gasteiger partial charge in [-0.3, -0.25) is 9.59 Å². The first kappa shape index (κ1) is 16.5. The number of likely N-dealkylation sites (tertiary alicyclic amines) is 1. The standard InChI is InChI=1S/C17H25N3O2/c18-17(22)15-8-11-20(12-9-15)13-16(21)19-10-4-7-14-5-2-1-3-6-14/h1-3,5-6,15H,4,7-13H2,(H2,18,22)(H,19,21)/p+1. The fourth-order valence-electron chi connectivity index (χ4n) is 2.94. The lowest BCUT2D eigenvalue weighted by atomic mass is 9.96. The van der Waals surface area contributed by atoms with E-state index >= 15 is 0 Å². The highest BCUT2D eigenvalue weighted by Crippen LogP contribution is 2.07.